The highest BCUT2D eigenvalue weighted by atomic mass is 16.5. The number of hydrogen-bond acceptors (Lipinski definition) is 9. The Labute approximate surface area is 200 Å². The van der Waals surface area contributed by atoms with Crippen molar-refractivity contribution in [2.75, 3.05) is 23.0 Å². The van der Waals surface area contributed by atoms with E-state index in [4.69, 9.17) is 21.3 Å². The Hall–Kier alpha value is -4.73. The van der Waals surface area contributed by atoms with Crippen LogP contribution in [0.4, 0.5) is 23.1 Å². The number of para-hydroxylation sites is 1. The highest BCUT2D eigenvalue weighted by Crippen LogP contribution is 2.41. The topological polar surface area (TPSA) is 153 Å². The molecule has 0 spiro atoms. The largest absolute Gasteiger partial charge is 0.493 e. The molecule has 10 nitrogen and oxygen atoms in total. The van der Waals surface area contributed by atoms with Crippen LogP contribution in [0.1, 0.15) is 29.7 Å². The van der Waals surface area contributed by atoms with Gasteiger partial charge in [-0.05, 0) is 36.3 Å². The van der Waals surface area contributed by atoms with Crippen molar-refractivity contribution in [3.63, 3.8) is 0 Å². The lowest BCUT2D eigenvalue weighted by molar-refractivity contribution is -0.137. The molecule has 0 bridgehead atoms. The van der Waals surface area contributed by atoms with Gasteiger partial charge >= 0.3 is 5.97 Å². The van der Waals surface area contributed by atoms with Gasteiger partial charge in [0.1, 0.15) is 5.75 Å². The molecule has 5 N–H and O–H groups in total. The van der Waals surface area contributed by atoms with Crippen LogP contribution in [0.3, 0.4) is 0 Å². The van der Waals surface area contributed by atoms with Crippen LogP contribution in [-0.2, 0) is 11.3 Å². The molecule has 0 radical (unpaired) electrons. The number of aromatic nitrogens is 4. The van der Waals surface area contributed by atoms with Gasteiger partial charge in [0.05, 0.1) is 30.7 Å². The monoisotopic (exact) mass is 469 g/mol. The van der Waals surface area contributed by atoms with E-state index in [0.29, 0.717) is 42.2 Å². The van der Waals surface area contributed by atoms with Gasteiger partial charge < -0.3 is 26.2 Å². The van der Waals surface area contributed by atoms with Crippen LogP contribution in [0.2, 0.25) is 0 Å². The fourth-order valence-corrected chi connectivity index (χ4v) is 4.04. The Morgan fingerprint density at radius 1 is 1.00 bits per heavy atom. The van der Waals surface area contributed by atoms with Gasteiger partial charge in [0.25, 0.3) is 0 Å². The molecule has 35 heavy (non-hydrogen) atoms. The summed E-state index contributed by atoms with van der Waals surface area (Å²) in [7, 11) is 0. The van der Waals surface area contributed by atoms with Crippen molar-refractivity contribution in [1.29, 1.82) is 0 Å². The zero-order valence-electron chi connectivity index (χ0n) is 18.8. The maximum atomic E-state index is 10.8. The lowest BCUT2D eigenvalue weighted by Gasteiger charge is -2.27. The second kappa shape index (κ2) is 9.26. The molecule has 1 aliphatic heterocycles. The first-order valence-corrected chi connectivity index (χ1v) is 11.1. The summed E-state index contributed by atoms with van der Waals surface area (Å²) in [5.74, 6) is 0.0681. The molecule has 3 heterocycles. The smallest absolute Gasteiger partial charge is 0.303 e. The molecule has 176 valence electrons. The van der Waals surface area contributed by atoms with E-state index >= 15 is 0 Å². The van der Waals surface area contributed by atoms with Crippen LogP contribution in [0.5, 0.6) is 5.75 Å². The maximum Gasteiger partial charge on any atom is 0.303 e. The predicted octanol–water partition coefficient (Wildman–Crippen LogP) is 3.65. The number of nitrogens with zero attached hydrogens (tertiary/aromatic N) is 5. The van der Waals surface area contributed by atoms with Gasteiger partial charge in [-0.25, -0.2) is 9.97 Å². The molecule has 0 saturated carbocycles. The number of ether oxygens (including phenoxy) is 1. The van der Waals surface area contributed by atoms with Crippen LogP contribution in [-0.4, -0.2) is 37.6 Å². The number of nitrogen functional groups attached to an aromatic ring is 2. The van der Waals surface area contributed by atoms with Crippen molar-refractivity contribution in [3.05, 3.63) is 65.5 Å². The second-order valence-corrected chi connectivity index (χ2v) is 8.01. The lowest BCUT2D eigenvalue weighted by atomic mass is 10.1. The molecule has 0 unspecified atom stereocenters. The van der Waals surface area contributed by atoms with E-state index in [1.54, 1.807) is 6.20 Å². The first kappa shape index (κ1) is 22.1. The number of fused-ring (bicyclic) bond motifs is 3. The van der Waals surface area contributed by atoms with Crippen LogP contribution in [0, 0.1) is 0 Å². The van der Waals surface area contributed by atoms with Crippen molar-refractivity contribution in [2.24, 2.45) is 0 Å². The molecule has 4 aromatic rings. The standard InChI is InChI=1S/C25H23N7O3/c26-23-22-24(31-25(27)30-23)28-13-16(29-22)14-32-18-6-2-1-5-15(18)10-11-17-19(32)7-3-8-20(17)35-12-4-9-21(33)34/h1-3,5-8,10-11,13H,4,9,12,14H2,(H,33,34)(H4,26,27,28,30,31). The van der Waals surface area contributed by atoms with Crippen LogP contribution in [0.15, 0.2) is 48.7 Å². The van der Waals surface area contributed by atoms with Crippen LogP contribution >= 0.6 is 0 Å². The van der Waals surface area contributed by atoms with Crippen LogP contribution in [0.25, 0.3) is 23.3 Å². The van der Waals surface area contributed by atoms with E-state index in [2.05, 4.69) is 24.8 Å². The second-order valence-electron chi connectivity index (χ2n) is 8.01. The molecule has 0 saturated heterocycles. The van der Waals surface area contributed by atoms with Gasteiger partial charge in [-0.15, -0.1) is 0 Å². The third-order valence-corrected chi connectivity index (χ3v) is 5.60. The minimum absolute atomic E-state index is 0.0504. The summed E-state index contributed by atoms with van der Waals surface area (Å²) in [4.78, 5) is 30.2. The fourth-order valence-electron chi connectivity index (χ4n) is 4.04. The summed E-state index contributed by atoms with van der Waals surface area (Å²) >= 11 is 0. The van der Waals surface area contributed by atoms with Gasteiger partial charge in [-0.1, -0.05) is 30.3 Å². The zero-order chi connectivity index (χ0) is 24.4. The minimum Gasteiger partial charge on any atom is -0.493 e. The average molecular weight is 470 g/mol. The molecule has 2 aromatic heterocycles. The third-order valence-electron chi connectivity index (χ3n) is 5.60. The Morgan fingerprint density at radius 2 is 1.83 bits per heavy atom. The van der Waals surface area contributed by atoms with E-state index in [0.717, 1.165) is 22.5 Å². The molecule has 5 rings (SSSR count). The molecule has 0 fully saturated rings. The Morgan fingerprint density at radius 3 is 2.69 bits per heavy atom. The van der Waals surface area contributed by atoms with Gasteiger partial charge in [0.2, 0.25) is 5.95 Å². The summed E-state index contributed by atoms with van der Waals surface area (Å²) in [5.41, 5.74) is 17.0. The molecule has 2 aromatic carbocycles. The molecule has 1 aliphatic rings. The first-order chi connectivity index (χ1) is 17.0. The normalized spacial score (nSPS) is 12.2. The highest BCUT2D eigenvalue weighted by molar-refractivity contribution is 5.90. The SMILES string of the molecule is Nc1nc(N)c2nc(CN3c4ccccc4C=Cc4c(OCCCC(=O)O)cccc43)cnc2n1. The first-order valence-electron chi connectivity index (χ1n) is 11.1. The predicted molar refractivity (Wildman–Crippen MR) is 134 cm³/mol. The molecule has 10 heteroatoms. The van der Waals surface area contributed by atoms with Crippen molar-refractivity contribution >= 4 is 52.4 Å². The number of rotatable bonds is 7. The lowest BCUT2D eigenvalue weighted by Crippen LogP contribution is -2.19. The number of anilines is 4. The van der Waals surface area contributed by atoms with Crippen molar-refractivity contribution in [1.82, 2.24) is 19.9 Å². The summed E-state index contributed by atoms with van der Waals surface area (Å²) in [6.07, 6.45) is 6.19. The molecular formula is C25H23N7O3. The van der Waals surface area contributed by atoms with Gasteiger partial charge in [-0.3, -0.25) is 4.79 Å². The average Bonchev–Trinajstić information content (AvgIpc) is 3.00. The van der Waals surface area contributed by atoms with Gasteiger partial charge in [-0.2, -0.15) is 9.97 Å². The van der Waals surface area contributed by atoms with Crippen molar-refractivity contribution in [3.8, 4) is 5.75 Å². The third kappa shape index (κ3) is 4.54. The van der Waals surface area contributed by atoms with E-state index in [1.165, 1.54) is 0 Å². The van der Waals surface area contributed by atoms with Crippen molar-refractivity contribution in [2.45, 2.75) is 19.4 Å². The Kier molecular flexibility index (Phi) is 5.84. The van der Waals surface area contributed by atoms with E-state index in [-0.39, 0.29) is 18.2 Å². The molecule has 0 amide bonds. The summed E-state index contributed by atoms with van der Waals surface area (Å²) < 4.78 is 5.98. The van der Waals surface area contributed by atoms with Crippen molar-refractivity contribution < 1.29 is 14.6 Å². The number of benzene rings is 2. The number of carboxylic acid groups (broad SMARTS) is 1. The quantitative estimate of drug-likeness (QED) is 0.342. The Balaban J connectivity index is 1.54. The Bertz CT molecular complexity index is 1450. The summed E-state index contributed by atoms with van der Waals surface area (Å²) in [6.45, 7) is 0.711. The summed E-state index contributed by atoms with van der Waals surface area (Å²) in [5, 5.41) is 8.91. The minimum atomic E-state index is -0.841. The van der Waals surface area contributed by atoms with Crippen LogP contribution < -0.4 is 21.1 Å². The number of carboxylic acids is 1. The van der Waals surface area contributed by atoms with Gasteiger partial charge in [0, 0.05) is 17.7 Å². The number of nitrogens with two attached hydrogens (primary N) is 2. The van der Waals surface area contributed by atoms with E-state index in [1.807, 2.05) is 54.6 Å². The number of carbonyl (C=O) groups is 1. The van der Waals surface area contributed by atoms with E-state index < -0.39 is 5.97 Å². The van der Waals surface area contributed by atoms with Gasteiger partial charge in [0.15, 0.2) is 17.0 Å². The molecular weight excluding hydrogens is 446 g/mol. The highest BCUT2D eigenvalue weighted by Gasteiger charge is 2.22. The molecule has 0 aliphatic carbocycles. The number of hydrogen-bond donors (Lipinski definition) is 3. The van der Waals surface area contributed by atoms with E-state index in [9.17, 15) is 4.79 Å². The fraction of sp³-hybridized carbons (Fsp3) is 0.160. The number of aliphatic carboxylic acids is 1. The molecule has 0 atom stereocenters. The zero-order valence-corrected chi connectivity index (χ0v) is 18.8. The summed E-state index contributed by atoms with van der Waals surface area (Å²) in [6, 6.07) is 13.9. The maximum absolute atomic E-state index is 10.8.